The van der Waals surface area contributed by atoms with E-state index in [1.54, 1.807) is 24.9 Å². The van der Waals surface area contributed by atoms with Crippen molar-refractivity contribution in [2.45, 2.75) is 32.2 Å². The molecule has 8 heteroatoms. The molecule has 120 valence electrons. The van der Waals surface area contributed by atoms with Crippen LogP contribution in [0.1, 0.15) is 31.5 Å². The number of hydrogen-bond acceptors (Lipinski definition) is 7. The number of anilines is 1. The van der Waals surface area contributed by atoms with Crippen LogP contribution in [-0.4, -0.2) is 38.0 Å². The van der Waals surface area contributed by atoms with Crippen LogP contribution >= 0.6 is 0 Å². The quantitative estimate of drug-likeness (QED) is 0.730. The Hall–Kier alpha value is -2.64. The van der Waals surface area contributed by atoms with E-state index in [9.17, 15) is 0 Å². The molecule has 0 N–H and O–H groups in total. The molecule has 1 aliphatic rings. The fraction of sp³-hybridized carbons (Fsp3) is 0.467. The second-order valence-corrected chi connectivity index (χ2v) is 5.67. The Balaban J connectivity index is 1.53. The summed E-state index contributed by atoms with van der Waals surface area (Å²) in [5.41, 5.74) is 0.794. The summed E-state index contributed by atoms with van der Waals surface area (Å²) in [4.78, 5) is 6.63. The highest BCUT2D eigenvalue weighted by atomic mass is 16.5. The average Bonchev–Trinajstić information content (AvgIpc) is 3.34. The van der Waals surface area contributed by atoms with Crippen molar-refractivity contribution < 1.29 is 8.94 Å². The van der Waals surface area contributed by atoms with E-state index in [0.29, 0.717) is 17.8 Å². The summed E-state index contributed by atoms with van der Waals surface area (Å²) in [6.45, 7) is 4.72. The van der Waals surface area contributed by atoms with Gasteiger partial charge in [-0.1, -0.05) is 0 Å². The number of aryl methyl sites for hydroxylation is 1. The van der Waals surface area contributed by atoms with Crippen LogP contribution in [0.4, 0.5) is 5.95 Å². The van der Waals surface area contributed by atoms with Crippen LogP contribution in [0.3, 0.4) is 0 Å². The maximum atomic E-state index is 5.34. The Bertz CT molecular complexity index is 763. The lowest BCUT2D eigenvalue weighted by Gasteiger charge is -2.31. The predicted molar refractivity (Wildman–Crippen MR) is 81.9 cm³/mol. The first-order chi connectivity index (χ1) is 11.3. The van der Waals surface area contributed by atoms with E-state index in [1.807, 2.05) is 0 Å². The normalized spacial score (nSPS) is 18.5. The lowest BCUT2D eigenvalue weighted by Crippen LogP contribution is -2.36. The summed E-state index contributed by atoms with van der Waals surface area (Å²) < 4.78 is 12.5. The maximum absolute atomic E-state index is 5.34. The van der Waals surface area contributed by atoms with Gasteiger partial charge in [0.1, 0.15) is 18.4 Å². The van der Waals surface area contributed by atoms with Gasteiger partial charge in [0.25, 0.3) is 11.8 Å². The van der Waals surface area contributed by atoms with Crippen LogP contribution in [-0.2, 0) is 6.54 Å². The highest BCUT2D eigenvalue weighted by molar-refractivity contribution is 5.52. The number of rotatable bonds is 4. The Morgan fingerprint density at radius 2 is 2.35 bits per heavy atom. The van der Waals surface area contributed by atoms with Gasteiger partial charge in [-0.05, 0) is 31.0 Å². The molecule has 8 nitrogen and oxygen atoms in total. The molecule has 0 aromatic carbocycles. The van der Waals surface area contributed by atoms with Crippen molar-refractivity contribution in [2.75, 3.05) is 18.0 Å². The number of hydrogen-bond donors (Lipinski definition) is 0. The summed E-state index contributed by atoms with van der Waals surface area (Å²) in [6.07, 6.45) is 7.14. The van der Waals surface area contributed by atoms with E-state index in [4.69, 9.17) is 8.94 Å². The van der Waals surface area contributed by atoms with Crippen molar-refractivity contribution in [2.24, 2.45) is 0 Å². The van der Waals surface area contributed by atoms with Gasteiger partial charge in [0, 0.05) is 25.6 Å². The molecule has 0 saturated carbocycles. The summed E-state index contributed by atoms with van der Waals surface area (Å²) in [5, 5.41) is 12.4. The number of aromatic nitrogens is 5. The molecule has 0 radical (unpaired) electrons. The Morgan fingerprint density at radius 3 is 3.17 bits per heavy atom. The molecule has 0 bridgehead atoms. The fourth-order valence-electron chi connectivity index (χ4n) is 3.04. The minimum atomic E-state index is 0.335. The number of furan rings is 1. The largest absolute Gasteiger partial charge is 0.472 e. The maximum Gasteiger partial charge on any atom is 0.266 e. The molecule has 0 spiro atoms. The van der Waals surface area contributed by atoms with Gasteiger partial charge in [0.05, 0.1) is 11.8 Å². The third-order valence-corrected chi connectivity index (χ3v) is 4.24. The first-order valence-electron chi connectivity index (χ1n) is 7.84. The van der Waals surface area contributed by atoms with Gasteiger partial charge in [-0.2, -0.15) is 4.98 Å². The molecule has 4 heterocycles. The van der Waals surface area contributed by atoms with Gasteiger partial charge >= 0.3 is 0 Å². The van der Waals surface area contributed by atoms with Crippen LogP contribution in [0.5, 0.6) is 0 Å². The molecule has 1 fully saturated rings. The van der Waals surface area contributed by atoms with Gasteiger partial charge < -0.3 is 18.4 Å². The minimum Gasteiger partial charge on any atom is -0.472 e. The molecule has 4 rings (SSSR count). The monoisotopic (exact) mass is 314 g/mol. The first kappa shape index (κ1) is 14.0. The van der Waals surface area contributed by atoms with Crippen LogP contribution in [0.25, 0.3) is 11.5 Å². The molecule has 1 aliphatic heterocycles. The number of piperidine rings is 1. The van der Waals surface area contributed by atoms with Crippen molar-refractivity contribution in [3.05, 3.63) is 30.7 Å². The van der Waals surface area contributed by atoms with Crippen LogP contribution in [0, 0.1) is 0 Å². The SMILES string of the molecule is CCn1cnnc1C1CCCN(c2noc(-c3ccoc3)n2)C1. The van der Waals surface area contributed by atoms with E-state index in [0.717, 1.165) is 43.9 Å². The molecule has 3 aromatic rings. The first-order valence-corrected chi connectivity index (χ1v) is 7.84. The summed E-state index contributed by atoms with van der Waals surface area (Å²) >= 11 is 0. The molecule has 0 aliphatic carbocycles. The van der Waals surface area contributed by atoms with Crippen molar-refractivity contribution >= 4 is 5.95 Å². The third-order valence-electron chi connectivity index (χ3n) is 4.24. The Morgan fingerprint density at radius 1 is 1.39 bits per heavy atom. The molecule has 23 heavy (non-hydrogen) atoms. The third kappa shape index (κ3) is 2.60. The van der Waals surface area contributed by atoms with E-state index in [2.05, 4.69) is 36.7 Å². The van der Waals surface area contributed by atoms with Gasteiger partial charge in [0.15, 0.2) is 0 Å². The smallest absolute Gasteiger partial charge is 0.266 e. The van der Waals surface area contributed by atoms with Gasteiger partial charge in [-0.25, -0.2) is 0 Å². The standard InChI is InChI=1S/C15H18N6O2/c1-2-20-10-16-18-13(20)11-4-3-6-21(8-11)15-17-14(23-19-15)12-5-7-22-9-12/h5,7,9-11H,2-4,6,8H2,1H3. The zero-order valence-corrected chi connectivity index (χ0v) is 12.9. The highest BCUT2D eigenvalue weighted by Crippen LogP contribution is 2.29. The van der Waals surface area contributed by atoms with E-state index >= 15 is 0 Å². The molecule has 1 atom stereocenters. The van der Waals surface area contributed by atoms with E-state index < -0.39 is 0 Å². The molecule has 1 saturated heterocycles. The van der Waals surface area contributed by atoms with Crippen LogP contribution in [0.15, 0.2) is 33.9 Å². The van der Waals surface area contributed by atoms with Crippen LogP contribution in [0.2, 0.25) is 0 Å². The summed E-state index contributed by atoms with van der Waals surface area (Å²) in [6, 6.07) is 1.81. The second kappa shape index (κ2) is 5.86. The molecule has 3 aromatic heterocycles. The van der Waals surface area contributed by atoms with E-state index in [1.165, 1.54) is 0 Å². The Kier molecular flexibility index (Phi) is 3.57. The van der Waals surface area contributed by atoms with E-state index in [-0.39, 0.29) is 0 Å². The lowest BCUT2D eigenvalue weighted by atomic mass is 9.97. The predicted octanol–water partition coefficient (Wildman–Crippen LogP) is 2.33. The fourth-order valence-corrected chi connectivity index (χ4v) is 3.04. The number of nitrogens with zero attached hydrogens (tertiary/aromatic N) is 6. The molecule has 0 amide bonds. The van der Waals surface area contributed by atoms with Crippen molar-refractivity contribution in [3.63, 3.8) is 0 Å². The summed E-state index contributed by atoms with van der Waals surface area (Å²) in [5.74, 6) is 2.47. The highest BCUT2D eigenvalue weighted by Gasteiger charge is 2.27. The minimum absolute atomic E-state index is 0.335. The van der Waals surface area contributed by atoms with Crippen molar-refractivity contribution in [3.8, 4) is 11.5 Å². The molecular weight excluding hydrogens is 296 g/mol. The molecule has 1 unspecified atom stereocenters. The van der Waals surface area contributed by atoms with Crippen molar-refractivity contribution in [1.29, 1.82) is 0 Å². The van der Waals surface area contributed by atoms with Crippen molar-refractivity contribution in [1.82, 2.24) is 24.9 Å². The Labute approximate surface area is 133 Å². The topological polar surface area (TPSA) is 86.0 Å². The second-order valence-electron chi connectivity index (χ2n) is 5.67. The zero-order chi connectivity index (χ0) is 15.6. The lowest BCUT2D eigenvalue weighted by molar-refractivity contribution is 0.419. The van der Waals surface area contributed by atoms with Crippen LogP contribution < -0.4 is 4.90 Å². The van der Waals surface area contributed by atoms with Gasteiger partial charge in [-0.3, -0.25) is 0 Å². The van der Waals surface area contributed by atoms with Gasteiger partial charge in [0.2, 0.25) is 0 Å². The zero-order valence-electron chi connectivity index (χ0n) is 12.9. The average molecular weight is 314 g/mol. The molecular formula is C15H18N6O2. The van der Waals surface area contributed by atoms with Gasteiger partial charge in [-0.15, -0.1) is 10.2 Å². The summed E-state index contributed by atoms with van der Waals surface area (Å²) in [7, 11) is 0.